The van der Waals surface area contributed by atoms with Gasteiger partial charge in [-0.1, -0.05) is 12.8 Å². The Morgan fingerprint density at radius 1 is 1.35 bits per heavy atom. The van der Waals surface area contributed by atoms with Crippen LogP contribution >= 0.6 is 11.3 Å². The molecule has 1 aliphatic rings. The highest BCUT2D eigenvalue weighted by Crippen LogP contribution is 2.33. The number of rotatable bonds is 6. The summed E-state index contributed by atoms with van der Waals surface area (Å²) in [5, 5.41) is 16.3. The number of H-pyrrole nitrogens is 1. The first-order valence-corrected chi connectivity index (χ1v) is 8.82. The first-order chi connectivity index (χ1) is 11.2. The summed E-state index contributed by atoms with van der Waals surface area (Å²) < 4.78 is 0. The van der Waals surface area contributed by atoms with Crippen LogP contribution in [0.2, 0.25) is 0 Å². The Balaban J connectivity index is 1.41. The van der Waals surface area contributed by atoms with E-state index >= 15 is 0 Å². The molecule has 0 saturated heterocycles. The number of nitrogens with one attached hydrogen (secondary N) is 3. The number of anilines is 1. The highest BCUT2D eigenvalue weighted by molar-refractivity contribution is 7.08. The average molecular weight is 332 g/mol. The molecule has 0 bridgehead atoms. The van der Waals surface area contributed by atoms with E-state index in [1.807, 2.05) is 11.4 Å². The SMILES string of the molecule is O=C(CCNC(=O)c1ccsc1)Nc1cc(C2CCCC2)[nH]n1. The summed E-state index contributed by atoms with van der Waals surface area (Å²) in [5.41, 5.74) is 1.73. The Bertz CT molecular complexity index is 659. The van der Waals surface area contributed by atoms with Crippen LogP contribution in [0.15, 0.2) is 22.9 Å². The molecule has 23 heavy (non-hydrogen) atoms. The lowest BCUT2D eigenvalue weighted by Crippen LogP contribution is -2.27. The fourth-order valence-electron chi connectivity index (χ4n) is 2.84. The molecule has 0 aromatic carbocycles. The fourth-order valence-corrected chi connectivity index (χ4v) is 3.47. The first-order valence-electron chi connectivity index (χ1n) is 7.88. The molecule has 0 aliphatic heterocycles. The third-order valence-corrected chi connectivity index (χ3v) is 4.76. The number of aromatic amines is 1. The summed E-state index contributed by atoms with van der Waals surface area (Å²) in [4.78, 5) is 23.6. The molecule has 1 fully saturated rings. The van der Waals surface area contributed by atoms with E-state index in [4.69, 9.17) is 0 Å². The van der Waals surface area contributed by atoms with Crippen molar-refractivity contribution in [1.29, 1.82) is 0 Å². The Kier molecular flexibility index (Phi) is 5.07. The van der Waals surface area contributed by atoms with Gasteiger partial charge < -0.3 is 10.6 Å². The van der Waals surface area contributed by atoms with Crippen molar-refractivity contribution in [2.75, 3.05) is 11.9 Å². The summed E-state index contributed by atoms with van der Waals surface area (Å²) in [6.45, 7) is 0.306. The zero-order valence-corrected chi connectivity index (χ0v) is 13.6. The maximum Gasteiger partial charge on any atom is 0.252 e. The number of hydrogen-bond donors (Lipinski definition) is 3. The lowest BCUT2D eigenvalue weighted by molar-refractivity contribution is -0.116. The Hall–Kier alpha value is -2.15. The molecule has 0 atom stereocenters. The monoisotopic (exact) mass is 332 g/mol. The van der Waals surface area contributed by atoms with Crippen molar-refractivity contribution >= 4 is 29.0 Å². The van der Waals surface area contributed by atoms with Gasteiger partial charge in [0.05, 0.1) is 0 Å². The summed E-state index contributed by atoms with van der Waals surface area (Å²) >= 11 is 1.47. The van der Waals surface area contributed by atoms with Crippen LogP contribution in [-0.2, 0) is 4.79 Å². The Labute approximate surface area is 138 Å². The van der Waals surface area contributed by atoms with Gasteiger partial charge in [-0.15, -0.1) is 0 Å². The van der Waals surface area contributed by atoms with Crippen molar-refractivity contribution in [3.63, 3.8) is 0 Å². The molecule has 3 N–H and O–H groups in total. The van der Waals surface area contributed by atoms with Crippen LogP contribution in [0, 0.1) is 0 Å². The molecule has 7 heteroatoms. The van der Waals surface area contributed by atoms with E-state index in [1.54, 1.807) is 11.4 Å². The zero-order valence-electron chi connectivity index (χ0n) is 12.8. The van der Waals surface area contributed by atoms with Gasteiger partial charge in [0.15, 0.2) is 5.82 Å². The molecular weight excluding hydrogens is 312 g/mol. The van der Waals surface area contributed by atoms with Crippen molar-refractivity contribution in [2.24, 2.45) is 0 Å². The third kappa shape index (κ3) is 4.19. The van der Waals surface area contributed by atoms with Crippen molar-refractivity contribution in [3.8, 4) is 0 Å². The molecule has 1 aliphatic carbocycles. The molecule has 0 spiro atoms. The smallest absolute Gasteiger partial charge is 0.252 e. The minimum absolute atomic E-state index is 0.151. The lowest BCUT2D eigenvalue weighted by Gasteiger charge is -2.04. The van der Waals surface area contributed by atoms with Gasteiger partial charge in [0.1, 0.15) is 0 Å². The summed E-state index contributed by atoms with van der Waals surface area (Å²) in [5.74, 6) is 0.793. The van der Waals surface area contributed by atoms with Gasteiger partial charge >= 0.3 is 0 Å². The lowest BCUT2D eigenvalue weighted by atomic mass is 10.0. The largest absolute Gasteiger partial charge is 0.351 e. The molecule has 6 nitrogen and oxygen atoms in total. The van der Waals surface area contributed by atoms with E-state index in [0.717, 1.165) is 5.69 Å². The van der Waals surface area contributed by atoms with Crippen molar-refractivity contribution in [3.05, 3.63) is 34.2 Å². The van der Waals surface area contributed by atoms with Crippen molar-refractivity contribution in [2.45, 2.75) is 38.0 Å². The predicted molar refractivity (Wildman–Crippen MR) is 89.7 cm³/mol. The van der Waals surface area contributed by atoms with Gasteiger partial charge in [0.2, 0.25) is 5.91 Å². The maximum atomic E-state index is 11.9. The van der Waals surface area contributed by atoms with E-state index in [0.29, 0.717) is 23.8 Å². The van der Waals surface area contributed by atoms with E-state index < -0.39 is 0 Å². The molecule has 122 valence electrons. The highest BCUT2D eigenvalue weighted by Gasteiger charge is 2.19. The van der Waals surface area contributed by atoms with Crippen LogP contribution in [0.4, 0.5) is 5.82 Å². The van der Waals surface area contributed by atoms with Gasteiger partial charge in [-0.2, -0.15) is 16.4 Å². The van der Waals surface area contributed by atoms with Gasteiger partial charge in [0, 0.05) is 41.6 Å². The minimum Gasteiger partial charge on any atom is -0.351 e. The number of carbonyl (C=O) groups excluding carboxylic acids is 2. The molecule has 2 aromatic heterocycles. The second-order valence-corrected chi connectivity index (χ2v) is 6.54. The van der Waals surface area contributed by atoms with Crippen LogP contribution in [0.3, 0.4) is 0 Å². The van der Waals surface area contributed by atoms with Gasteiger partial charge in [-0.3, -0.25) is 14.7 Å². The van der Waals surface area contributed by atoms with E-state index in [2.05, 4.69) is 20.8 Å². The van der Waals surface area contributed by atoms with E-state index in [9.17, 15) is 9.59 Å². The number of amides is 2. The average Bonchev–Trinajstić information content (AvgIpc) is 3.28. The second-order valence-electron chi connectivity index (χ2n) is 5.76. The number of hydrogen-bond acceptors (Lipinski definition) is 4. The normalized spacial score (nSPS) is 14.8. The van der Waals surface area contributed by atoms with Crippen LogP contribution in [0.5, 0.6) is 0 Å². The Morgan fingerprint density at radius 3 is 2.91 bits per heavy atom. The molecule has 0 radical (unpaired) electrons. The summed E-state index contributed by atoms with van der Waals surface area (Å²) in [6, 6.07) is 3.67. The Morgan fingerprint density at radius 2 is 2.17 bits per heavy atom. The molecule has 0 unspecified atom stereocenters. The number of thiophene rings is 1. The minimum atomic E-state index is -0.153. The molecule has 3 rings (SSSR count). The fraction of sp³-hybridized carbons (Fsp3) is 0.438. The topological polar surface area (TPSA) is 86.9 Å². The standard InChI is InChI=1S/C16H20N4O2S/c21-15(5-7-17-16(22)12-6-8-23-10-12)18-14-9-13(19-20-14)11-3-1-2-4-11/h6,8-11H,1-5,7H2,(H,17,22)(H2,18,19,20,21). The van der Waals surface area contributed by atoms with Crippen molar-refractivity contribution < 1.29 is 9.59 Å². The highest BCUT2D eigenvalue weighted by atomic mass is 32.1. The molecule has 2 aromatic rings. The maximum absolute atomic E-state index is 11.9. The van der Waals surface area contributed by atoms with E-state index in [-0.39, 0.29) is 18.2 Å². The van der Waals surface area contributed by atoms with Crippen LogP contribution in [0.1, 0.15) is 54.1 Å². The number of nitrogens with zero attached hydrogens (tertiary/aromatic N) is 1. The van der Waals surface area contributed by atoms with Crippen LogP contribution in [0.25, 0.3) is 0 Å². The van der Waals surface area contributed by atoms with E-state index in [1.165, 1.54) is 37.0 Å². The molecule has 2 heterocycles. The number of aromatic nitrogens is 2. The van der Waals surface area contributed by atoms with Gasteiger partial charge in [-0.25, -0.2) is 0 Å². The predicted octanol–water partition coefficient (Wildman–Crippen LogP) is 2.89. The molecule has 1 saturated carbocycles. The van der Waals surface area contributed by atoms with Crippen LogP contribution in [-0.4, -0.2) is 28.6 Å². The second kappa shape index (κ2) is 7.41. The first kappa shape index (κ1) is 15.7. The number of carbonyl (C=O) groups is 2. The summed E-state index contributed by atoms with van der Waals surface area (Å²) in [6.07, 6.45) is 5.11. The van der Waals surface area contributed by atoms with Crippen LogP contribution < -0.4 is 10.6 Å². The summed E-state index contributed by atoms with van der Waals surface area (Å²) in [7, 11) is 0. The third-order valence-electron chi connectivity index (χ3n) is 4.08. The molecule has 2 amide bonds. The molecular formula is C16H20N4O2S. The van der Waals surface area contributed by atoms with Gasteiger partial charge in [0.25, 0.3) is 5.91 Å². The quantitative estimate of drug-likeness (QED) is 0.760. The zero-order chi connectivity index (χ0) is 16.1. The van der Waals surface area contributed by atoms with Crippen molar-refractivity contribution in [1.82, 2.24) is 15.5 Å². The van der Waals surface area contributed by atoms with Gasteiger partial charge in [-0.05, 0) is 24.3 Å².